The van der Waals surface area contributed by atoms with Crippen LogP contribution in [-0.2, 0) is 16.1 Å². The number of hydrogen-bond donors (Lipinski definition) is 2. The van der Waals surface area contributed by atoms with Crippen molar-refractivity contribution in [3.63, 3.8) is 0 Å². The largest absolute Gasteiger partial charge is 0.493 e. The van der Waals surface area contributed by atoms with Crippen LogP contribution >= 0.6 is 0 Å². The normalized spacial score (nSPS) is 18.6. The number of aromatic nitrogens is 2. The third-order valence-electron chi connectivity index (χ3n) is 7.28. The van der Waals surface area contributed by atoms with Gasteiger partial charge in [0, 0.05) is 38.8 Å². The van der Waals surface area contributed by atoms with E-state index >= 15 is 0 Å². The van der Waals surface area contributed by atoms with Gasteiger partial charge in [0.1, 0.15) is 6.04 Å². The quantitative estimate of drug-likeness (QED) is 0.456. The highest BCUT2D eigenvalue weighted by Crippen LogP contribution is 2.28. The molecule has 2 N–H and O–H groups in total. The summed E-state index contributed by atoms with van der Waals surface area (Å²) in [6.07, 6.45) is 2.41. The molecule has 42 heavy (non-hydrogen) atoms. The van der Waals surface area contributed by atoms with Crippen molar-refractivity contribution in [3.05, 3.63) is 59.4 Å². The molecule has 0 fully saturated rings. The Kier molecular flexibility index (Phi) is 10.7. The van der Waals surface area contributed by atoms with Crippen molar-refractivity contribution in [1.29, 1.82) is 0 Å². The Labute approximate surface area is 246 Å². The van der Waals surface area contributed by atoms with Gasteiger partial charge in [-0.25, -0.2) is 9.97 Å². The molecule has 11 heteroatoms. The summed E-state index contributed by atoms with van der Waals surface area (Å²) in [7, 11) is 3.22. The molecule has 1 aromatic heterocycles. The predicted octanol–water partition coefficient (Wildman–Crippen LogP) is 2.70. The summed E-state index contributed by atoms with van der Waals surface area (Å²) in [4.78, 5) is 51.8. The van der Waals surface area contributed by atoms with Gasteiger partial charge < -0.3 is 25.0 Å². The fourth-order valence-electron chi connectivity index (χ4n) is 4.90. The van der Waals surface area contributed by atoms with Gasteiger partial charge in [-0.3, -0.25) is 19.3 Å². The number of nitrogens with one attached hydrogen (secondary N) is 2. The van der Waals surface area contributed by atoms with Gasteiger partial charge in [-0.15, -0.1) is 0 Å². The molecule has 1 atom stereocenters. The van der Waals surface area contributed by atoms with Gasteiger partial charge in [0.05, 0.1) is 29.5 Å². The number of methoxy groups -OCH3 is 1. The van der Waals surface area contributed by atoms with Crippen molar-refractivity contribution in [2.45, 2.75) is 45.7 Å². The molecule has 11 nitrogen and oxygen atoms in total. The third-order valence-corrected chi connectivity index (χ3v) is 7.28. The Hall–Kier alpha value is -4.25. The topological polar surface area (TPSA) is 126 Å². The zero-order chi connectivity index (χ0) is 30.1. The Morgan fingerprint density at radius 2 is 1.71 bits per heavy atom. The summed E-state index contributed by atoms with van der Waals surface area (Å²) in [5.74, 6) is -0.153. The molecule has 0 saturated carbocycles. The van der Waals surface area contributed by atoms with Gasteiger partial charge in [-0.05, 0) is 70.0 Å². The molecular formula is C31H40N6O5. The first-order valence-electron chi connectivity index (χ1n) is 14.3. The summed E-state index contributed by atoms with van der Waals surface area (Å²) in [5.41, 5.74) is 3.98. The summed E-state index contributed by atoms with van der Waals surface area (Å²) in [6.45, 7) is 6.60. The number of nitrogens with zero attached hydrogens (tertiary/aromatic N) is 4. The average molecular weight is 577 g/mol. The Morgan fingerprint density at radius 3 is 2.48 bits per heavy atom. The lowest BCUT2D eigenvalue weighted by Crippen LogP contribution is -2.47. The third kappa shape index (κ3) is 8.16. The number of likely N-dealkylation sites (N-methyl/N-ethyl adjacent to an activating group) is 1. The zero-order valence-corrected chi connectivity index (χ0v) is 24.8. The molecule has 5 rings (SSSR count). The Morgan fingerprint density at radius 1 is 1.00 bits per heavy atom. The van der Waals surface area contributed by atoms with Crippen molar-refractivity contribution in [2.24, 2.45) is 0 Å². The minimum atomic E-state index is -0.695. The lowest BCUT2D eigenvalue weighted by molar-refractivity contribution is -0.135. The van der Waals surface area contributed by atoms with Crippen LogP contribution in [0.3, 0.4) is 0 Å². The number of benzene rings is 2. The van der Waals surface area contributed by atoms with Crippen molar-refractivity contribution < 1.29 is 23.9 Å². The zero-order valence-electron chi connectivity index (χ0n) is 24.8. The molecule has 0 saturated heterocycles. The van der Waals surface area contributed by atoms with Gasteiger partial charge in [0.25, 0.3) is 11.8 Å². The van der Waals surface area contributed by atoms with E-state index < -0.39 is 11.9 Å². The summed E-state index contributed by atoms with van der Waals surface area (Å²) in [6, 6.07) is 12.0. The number of amides is 3. The van der Waals surface area contributed by atoms with Crippen LogP contribution in [-0.4, -0.2) is 90.5 Å². The van der Waals surface area contributed by atoms with Crippen molar-refractivity contribution >= 4 is 28.8 Å². The van der Waals surface area contributed by atoms with Crippen molar-refractivity contribution in [3.8, 4) is 11.5 Å². The van der Waals surface area contributed by atoms with E-state index in [0.29, 0.717) is 36.7 Å². The highest BCUT2D eigenvalue weighted by molar-refractivity contribution is 5.95. The molecule has 3 heterocycles. The van der Waals surface area contributed by atoms with E-state index in [4.69, 9.17) is 19.4 Å². The maximum atomic E-state index is 12.9. The predicted molar refractivity (Wildman–Crippen MR) is 159 cm³/mol. The van der Waals surface area contributed by atoms with E-state index in [2.05, 4.69) is 15.5 Å². The van der Waals surface area contributed by atoms with Crippen LogP contribution in [0, 0.1) is 6.92 Å². The van der Waals surface area contributed by atoms with Crippen LogP contribution in [0.5, 0.6) is 11.5 Å². The standard InChI is InChI=1S/C31H40N6O5/c1-21-26(35-25-11-6-5-10-24(25)33-21)19-37-16-8-7-15-36(3)31(40)22(2)34-29(38)20-42-27-13-12-23(18-28(27)41-4)30(39)32-14-9-17-37/h5-6,10-13,18,22H,7-9,14-17,19-20H2,1-4H3,(H,32,39)(H,34,38)/t22-/m0/s1. The number of fused-ring (bicyclic) bond motifs is 19. The van der Waals surface area contributed by atoms with E-state index in [-0.39, 0.29) is 18.4 Å². The van der Waals surface area contributed by atoms with Crippen molar-refractivity contribution in [2.75, 3.05) is 46.9 Å². The minimum Gasteiger partial charge on any atom is -0.493 e. The summed E-state index contributed by atoms with van der Waals surface area (Å²) >= 11 is 0. The summed E-state index contributed by atoms with van der Waals surface area (Å²) < 4.78 is 11.0. The van der Waals surface area contributed by atoms with Crippen molar-refractivity contribution in [1.82, 2.24) is 30.4 Å². The monoisotopic (exact) mass is 576 g/mol. The average Bonchev–Trinajstić information content (AvgIpc) is 2.99. The Balaban J connectivity index is 1.49. The smallest absolute Gasteiger partial charge is 0.258 e. The molecule has 0 unspecified atom stereocenters. The van der Waals surface area contributed by atoms with Gasteiger partial charge in [0.2, 0.25) is 5.91 Å². The molecule has 0 spiro atoms. The fraction of sp³-hybridized carbons (Fsp3) is 0.452. The first-order valence-corrected chi connectivity index (χ1v) is 14.3. The first-order chi connectivity index (χ1) is 20.2. The van der Waals surface area contributed by atoms with Gasteiger partial charge >= 0.3 is 0 Å². The van der Waals surface area contributed by atoms with E-state index in [0.717, 1.165) is 54.8 Å². The number of carbonyl (C=O) groups is 3. The summed E-state index contributed by atoms with van der Waals surface area (Å²) in [5, 5.41) is 5.68. The van der Waals surface area contributed by atoms with Crippen LogP contribution in [0.4, 0.5) is 0 Å². The molecule has 3 amide bonds. The second-order valence-corrected chi connectivity index (χ2v) is 10.5. The molecule has 0 radical (unpaired) electrons. The molecule has 224 valence electrons. The molecule has 0 aliphatic carbocycles. The van der Waals surface area contributed by atoms with E-state index in [1.807, 2.05) is 31.2 Å². The maximum Gasteiger partial charge on any atom is 0.258 e. The highest BCUT2D eigenvalue weighted by Gasteiger charge is 2.21. The van der Waals surface area contributed by atoms with Crippen LogP contribution in [0.2, 0.25) is 0 Å². The number of rotatable bonds is 3. The van der Waals surface area contributed by atoms with Gasteiger partial charge in [-0.1, -0.05) is 12.1 Å². The van der Waals surface area contributed by atoms with Gasteiger partial charge in [-0.2, -0.15) is 0 Å². The minimum absolute atomic E-state index is 0.167. The van der Waals surface area contributed by atoms with Crippen LogP contribution in [0.25, 0.3) is 11.0 Å². The molecule has 2 bridgehead atoms. The number of aryl methyl sites for hydroxylation is 1. The van der Waals surface area contributed by atoms with Gasteiger partial charge in [0.15, 0.2) is 18.1 Å². The van der Waals surface area contributed by atoms with Crippen LogP contribution in [0.15, 0.2) is 42.5 Å². The number of ether oxygens (including phenoxy) is 2. The SMILES string of the molecule is COc1cc2ccc1OCC(=O)N[C@@H](C)C(=O)N(C)CCCCN(Cc1nc3ccccc3nc1C)CCCNC2=O. The molecular weight excluding hydrogens is 536 g/mol. The lowest BCUT2D eigenvalue weighted by atomic mass is 10.2. The molecule has 2 aromatic carbocycles. The van der Waals surface area contributed by atoms with E-state index in [9.17, 15) is 14.4 Å². The number of hydrogen-bond acceptors (Lipinski definition) is 8. The second kappa shape index (κ2) is 14.6. The number of carbonyl (C=O) groups excluding carboxylic acids is 3. The van der Waals surface area contributed by atoms with Crippen LogP contribution < -0.4 is 20.1 Å². The fourth-order valence-corrected chi connectivity index (χ4v) is 4.90. The van der Waals surface area contributed by atoms with Crippen LogP contribution in [0.1, 0.15) is 47.9 Å². The Bertz CT molecular complexity index is 1410. The highest BCUT2D eigenvalue weighted by atomic mass is 16.5. The lowest BCUT2D eigenvalue weighted by Gasteiger charge is -2.25. The molecule has 3 aromatic rings. The van der Waals surface area contributed by atoms with E-state index in [1.165, 1.54) is 7.11 Å². The molecule has 2 aliphatic heterocycles. The number of para-hydroxylation sites is 2. The first kappa shape index (κ1) is 30.7. The second-order valence-electron chi connectivity index (χ2n) is 10.5. The molecule has 2 aliphatic rings. The maximum absolute atomic E-state index is 12.9. The van der Waals surface area contributed by atoms with E-state index in [1.54, 1.807) is 37.1 Å².